The number of aryl methyl sites for hydroxylation is 1. The van der Waals surface area contributed by atoms with E-state index in [-0.39, 0.29) is 36.8 Å². The predicted octanol–water partition coefficient (Wildman–Crippen LogP) is 4.24. The van der Waals surface area contributed by atoms with Gasteiger partial charge in [-0.1, -0.05) is 6.07 Å². The van der Waals surface area contributed by atoms with Crippen molar-refractivity contribution in [2.24, 2.45) is 0 Å². The molecule has 1 unspecified atom stereocenters. The number of amides is 1. The van der Waals surface area contributed by atoms with Crippen LogP contribution in [0.4, 0.5) is 5.69 Å². The molecular weight excluding hydrogens is 353 g/mol. The summed E-state index contributed by atoms with van der Waals surface area (Å²) in [5, 5.41) is 3.00. The van der Waals surface area contributed by atoms with Crippen molar-refractivity contribution < 1.29 is 4.79 Å². The first kappa shape index (κ1) is 19.7. The minimum atomic E-state index is 0. The van der Waals surface area contributed by atoms with Crippen molar-refractivity contribution in [2.45, 2.75) is 32.2 Å². The Hall–Kier alpha value is -1.30. The third kappa shape index (κ3) is 4.16. The summed E-state index contributed by atoms with van der Waals surface area (Å²) in [7, 11) is 0. The van der Waals surface area contributed by atoms with Crippen LogP contribution in [0.1, 0.15) is 46.2 Å². The van der Waals surface area contributed by atoms with Gasteiger partial charge in [-0.3, -0.25) is 4.79 Å². The first-order valence-corrected chi connectivity index (χ1v) is 8.11. The van der Waals surface area contributed by atoms with Crippen molar-refractivity contribution >= 4 is 47.7 Å². The Kier molecular flexibility index (Phi) is 7.32. The molecule has 126 valence electrons. The molecule has 2 N–H and O–H groups in total. The molecule has 0 radical (unpaired) electrons. The summed E-state index contributed by atoms with van der Waals surface area (Å²) in [6, 6.07) is 5.63. The number of carbonyl (C=O) groups excluding carboxylic acids is 1. The third-order valence-corrected chi connectivity index (χ3v) is 4.87. The average molecular weight is 374 g/mol. The molecule has 1 aliphatic heterocycles. The maximum absolute atomic E-state index is 12.9. The molecule has 1 fully saturated rings. The van der Waals surface area contributed by atoms with Gasteiger partial charge in [-0.25, -0.2) is 4.98 Å². The van der Waals surface area contributed by atoms with Crippen LogP contribution in [-0.4, -0.2) is 22.3 Å². The molecule has 0 aliphatic carbocycles. The van der Waals surface area contributed by atoms with Gasteiger partial charge in [0.1, 0.15) is 5.01 Å². The van der Waals surface area contributed by atoms with Gasteiger partial charge in [0.25, 0.3) is 5.91 Å². The second-order valence-electron chi connectivity index (χ2n) is 5.45. The Labute approximate surface area is 152 Å². The number of piperidine rings is 1. The standard InChI is InChI=1S/C16H19N3OS.2ClH/c1-11-5-6-12(17)10-13(11)16(20)19-8-3-2-4-14(19)15-18-7-9-21-15;;/h5-7,9-10,14H,2-4,8,17H2,1H3;2*1H. The van der Waals surface area contributed by atoms with Crippen LogP contribution < -0.4 is 5.73 Å². The fourth-order valence-electron chi connectivity index (χ4n) is 2.86. The summed E-state index contributed by atoms with van der Waals surface area (Å²) in [6.45, 7) is 2.74. The first-order chi connectivity index (χ1) is 10.2. The predicted molar refractivity (Wildman–Crippen MR) is 99.8 cm³/mol. The second kappa shape index (κ2) is 8.52. The SMILES string of the molecule is Cc1ccc(N)cc1C(=O)N1CCCCC1c1nccs1.Cl.Cl. The molecular formula is C16H21Cl2N3OS. The highest BCUT2D eigenvalue weighted by molar-refractivity contribution is 7.09. The molecule has 0 saturated carbocycles. The largest absolute Gasteiger partial charge is 0.399 e. The quantitative estimate of drug-likeness (QED) is 0.800. The molecule has 3 rings (SSSR count). The van der Waals surface area contributed by atoms with Gasteiger partial charge < -0.3 is 10.6 Å². The number of benzene rings is 1. The maximum Gasteiger partial charge on any atom is 0.254 e. The lowest BCUT2D eigenvalue weighted by Gasteiger charge is -2.35. The normalized spacial score (nSPS) is 17.1. The summed E-state index contributed by atoms with van der Waals surface area (Å²) in [5.41, 5.74) is 8.15. The average Bonchev–Trinajstić information content (AvgIpc) is 3.03. The van der Waals surface area contributed by atoms with Gasteiger partial charge in [-0.2, -0.15) is 0 Å². The maximum atomic E-state index is 12.9. The number of halogens is 2. The fraction of sp³-hybridized carbons (Fsp3) is 0.375. The zero-order valence-electron chi connectivity index (χ0n) is 12.9. The number of aromatic nitrogens is 1. The molecule has 2 heterocycles. The van der Waals surface area contributed by atoms with E-state index in [0.717, 1.165) is 36.4 Å². The second-order valence-corrected chi connectivity index (χ2v) is 6.38. The van der Waals surface area contributed by atoms with Crippen LogP contribution in [0.15, 0.2) is 29.8 Å². The lowest BCUT2D eigenvalue weighted by molar-refractivity contribution is 0.0610. The molecule has 1 aromatic heterocycles. The highest BCUT2D eigenvalue weighted by atomic mass is 35.5. The van der Waals surface area contributed by atoms with E-state index >= 15 is 0 Å². The molecule has 2 aromatic rings. The van der Waals surface area contributed by atoms with E-state index in [1.54, 1.807) is 17.4 Å². The number of likely N-dealkylation sites (tertiary alicyclic amines) is 1. The van der Waals surface area contributed by atoms with Gasteiger partial charge in [0, 0.05) is 29.4 Å². The van der Waals surface area contributed by atoms with E-state index in [4.69, 9.17) is 5.73 Å². The molecule has 1 aliphatic rings. The smallest absolute Gasteiger partial charge is 0.254 e. The van der Waals surface area contributed by atoms with Gasteiger partial charge in [0.15, 0.2) is 0 Å². The van der Waals surface area contributed by atoms with Crippen molar-refractivity contribution in [3.05, 3.63) is 45.9 Å². The van der Waals surface area contributed by atoms with Crippen molar-refractivity contribution in [3.63, 3.8) is 0 Å². The van der Waals surface area contributed by atoms with Gasteiger partial charge in [0.2, 0.25) is 0 Å². The van der Waals surface area contributed by atoms with E-state index < -0.39 is 0 Å². The fourth-order valence-corrected chi connectivity index (χ4v) is 3.64. The number of carbonyl (C=O) groups is 1. The molecule has 0 bridgehead atoms. The van der Waals surface area contributed by atoms with E-state index in [9.17, 15) is 4.79 Å². The van der Waals surface area contributed by atoms with Crippen LogP contribution >= 0.6 is 36.2 Å². The van der Waals surface area contributed by atoms with Crippen LogP contribution in [0.5, 0.6) is 0 Å². The van der Waals surface area contributed by atoms with Crippen molar-refractivity contribution in [1.29, 1.82) is 0 Å². The van der Waals surface area contributed by atoms with Crippen LogP contribution in [0.3, 0.4) is 0 Å². The third-order valence-electron chi connectivity index (χ3n) is 3.99. The molecule has 23 heavy (non-hydrogen) atoms. The molecule has 4 nitrogen and oxygen atoms in total. The molecule has 1 atom stereocenters. The number of hydrogen-bond donors (Lipinski definition) is 1. The number of nitrogens with two attached hydrogens (primary N) is 1. The number of anilines is 1. The minimum absolute atomic E-state index is 0. The topological polar surface area (TPSA) is 59.2 Å². The highest BCUT2D eigenvalue weighted by Crippen LogP contribution is 2.33. The Morgan fingerprint density at radius 3 is 2.83 bits per heavy atom. The van der Waals surface area contributed by atoms with E-state index in [2.05, 4.69) is 4.98 Å². The summed E-state index contributed by atoms with van der Waals surface area (Å²) in [4.78, 5) is 19.3. The highest BCUT2D eigenvalue weighted by Gasteiger charge is 2.30. The Balaban J connectivity index is 0.00000132. The van der Waals surface area contributed by atoms with Crippen molar-refractivity contribution in [2.75, 3.05) is 12.3 Å². The van der Waals surface area contributed by atoms with Gasteiger partial charge in [-0.15, -0.1) is 36.2 Å². The van der Waals surface area contributed by atoms with Crippen LogP contribution in [0.2, 0.25) is 0 Å². The number of nitrogens with zero attached hydrogens (tertiary/aromatic N) is 2. The monoisotopic (exact) mass is 373 g/mol. The van der Waals surface area contributed by atoms with Crippen LogP contribution in [0, 0.1) is 6.92 Å². The molecule has 1 amide bonds. The Morgan fingerprint density at radius 2 is 2.13 bits per heavy atom. The van der Waals surface area contributed by atoms with Crippen LogP contribution in [-0.2, 0) is 0 Å². The number of thiazole rings is 1. The number of hydrogen-bond acceptors (Lipinski definition) is 4. The summed E-state index contributed by atoms with van der Waals surface area (Å²) < 4.78 is 0. The summed E-state index contributed by atoms with van der Waals surface area (Å²) in [5.74, 6) is 0.0692. The Morgan fingerprint density at radius 1 is 1.35 bits per heavy atom. The van der Waals surface area contributed by atoms with Crippen molar-refractivity contribution in [3.8, 4) is 0 Å². The molecule has 7 heteroatoms. The van der Waals surface area contributed by atoms with E-state index in [1.807, 2.05) is 35.5 Å². The first-order valence-electron chi connectivity index (χ1n) is 7.23. The van der Waals surface area contributed by atoms with Gasteiger partial charge in [-0.05, 0) is 43.9 Å². The Bertz CT molecular complexity index is 649. The van der Waals surface area contributed by atoms with E-state index in [1.165, 1.54) is 0 Å². The number of rotatable bonds is 2. The molecule has 0 spiro atoms. The summed E-state index contributed by atoms with van der Waals surface area (Å²) >= 11 is 1.62. The molecule has 1 aromatic carbocycles. The van der Waals surface area contributed by atoms with Crippen LogP contribution in [0.25, 0.3) is 0 Å². The lowest BCUT2D eigenvalue weighted by Crippen LogP contribution is -2.38. The minimum Gasteiger partial charge on any atom is -0.399 e. The van der Waals surface area contributed by atoms with E-state index in [0.29, 0.717) is 11.3 Å². The lowest BCUT2D eigenvalue weighted by atomic mass is 9.99. The van der Waals surface area contributed by atoms with Crippen molar-refractivity contribution in [1.82, 2.24) is 9.88 Å². The zero-order chi connectivity index (χ0) is 14.8. The van der Waals surface area contributed by atoms with Gasteiger partial charge >= 0.3 is 0 Å². The zero-order valence-corrected chi connectivity index (χ0v) is 15.3. The number of nitrogen functional groups attached to an aromatic ring is 1. The summed E-state index contributed by atoms with van der Waals surface area (Å²) in [6.07, 6.45) is 4.99. The molecule has 1 saturated heterocycles. The van der Waals surface area contributed by atoms with Gasteiger partial charge in [0.05, 0.1) is 6.04 Å².